The fourth-order valence-electron chi connectivity index (χ4n) is 0.829. The third-order valence-electron chi connectivity index (χ3n) is 1.98. The Kier molecular flexibility index (Phi) is 4.61. The summed E-state index contributed by atoms with van der Waals surface area (Å²) in [6, 6.07) is 0. The Morgan fingerprint density at radius 1 is 0.524 bits per heavy atom. The molecule has 0 radical (unpaired) electrons. The minimum Gasteiger partial charge on any atom is -0.199 e. The van der Waals surface area contributed by atoms with Crippen molar-refractivity contribution in [2.45, 2.75) is 29.9 Å². The first-order chi connectivity index (χ1) is 8.85. The lowest BCUT2D eigenvalue weighted by Gasteiger charge is -2.36. The topological polar surface area (TPSA) is 0 Å². The van der Waals surface area contributed by atoms with E-state index < -0.39 is 41.8 Å². The molecular weight excluding hydrogens is 350 g/mol. The van der Waals surface area contributed by atoms with E-state index in [0.717, 1.165) is 0 Å². The molecule has 0 bridgehead atoms. The van der Waals surface area contributed by atoms with E-state index in [-0.39, 0.29) is 1.43 Å². The van der Waals surface area contributed by atoms with Crippen molar-refractivity contribution in [1.29, 1.82) is 0 Å². The van der Waals surface area contributed by atoms with Crippen LogP contribution in [0.1, 0.15) is 1.43 Å². The quantitative estimate of drug-likeness (QED) is 0.605. The molecule has 0 saturated carbocycles. The normalized spacial score (nSPS) is 15.1. The van der Waals surface area contributed by atoms with Crippen molar-refractivity contribution in [2.24, 2.45) is 0 Å². The van der Waals surface area contributed by atoms with E-state index in [1.807, 2.05) is 0 Å². The van der Waals surface area contributed by atoms with Crippen LogP contribution in [0.2, 0.25) is 0 Å². The molecule has 126 valence electrons. The molecule has 0 saturated heterocycles. The monoisotopic (exact) mass is 351 g/mol. The van der Waals surface area contributed by atoms with Gasteiger partial charge in [-0.1, -0.05) is 0 Å². The van der Waals surface area contributed by atoms with Gasteiger partial charge in [0, 0.05) is 0 Å². The highest BCUT2D eigenvalue weighted by molar-refractivity contribution is 5.17. The summed E-state index contributed by atoms with van der Waals surface area (Å²) >= 11 is 0. The van der Waals surface area contributed by atoms with Crippen molar-refractivity contribution in [1.82, 2.24) is 0 Å². The summed E-state index contributed by atoms with van der Waals surface area (Å²) in [4.78, 5) is 0. The highest BCUT2D eigenvalue weighted by Crippen LogP contribution is 2.59. The van der Waals surface area contributed by atoms with Crippen LogP contribution in [0.3, 0.4) is 0 Å². The van der Waals surface area contributed by atoms with E-state index in [2.05, 4.69) is 0 Å². The summed E-state index contributed by atoms with van der Waals surface area (Å²) in [7, 11) is 0. The molecule has 0 nitrogen and oxygen atoms in total. The Hall–Kier alpha value is -1.24. The van der Waals surface area contributed by atoms with Crippen molar-refractivity contribution in [3.8, 4) is 0 Å². The molecule has 0 unspecified atom stereocenters. The Morgan fingerprint density at radius 3 is 1.10 bits per heavy atom. The molecule has 0 atom stereocenters. The zero-order chi connectivity index (χ0) is 17.7. The third kappa shape index (κ3) is 2.63. The van der Waals surface area contributed by atoms with Crippen LogP contribution in [-0.2, 0) is 0 Å². The molecule has 0 aromatic rings. The maximum atomic E-state index is 12.5. The van der Waals surface area contributed by atoms with Crippen LogP contribution in [0, 0.1) is 0 Å². The SMILES string of the molecule is FC(F)=C(F)C(F)(F)C(F)(F)C(F)(F)C(F)(F)C(F)(F)F.[H+]. The largest absolute Gasteiger partial charge is 1.00 e. The van der Waals surface area contributed by atoms with Crippen LogP contribution in [-0.4, -0.2) is 29.9 Å². The van der Waals surface area contributed by atoms with Gasteiger partial charge in [0.1, 0.15) is 0 Å². The van der Waals surface area contributed by atoms with Gasteiger partial charge >= 0.3 is 37.4 Å². The molecule has 0 N–H and O–H groups in total. The summed E-state index contributed by atoms with van der Waals surface area (Å²) in [5.41, 5.74) is 0. The lowest BCUT2D eigenvalue weighted by atomic mass is 9.97. The average molecular weight is 351 g/mol. The highest BCUT2D eigenvalue weighted by Gasteiger charge is 2.88. The molecule has 0 aromatic heterocycles. The molecular formula is C7HF14+. The molecule has 0 heterocycles. The molecule has 0 aromatic carbocycles. The number of alkyl halides is 11. The Morgan fingerprint density at radius 2 is 0.857 bits per heavy atom. The van der Waals surface area contributed by atoms with Gasteiger partial charge in [-0.05, 0) is 0 Å². The molecule has 0 amide bonds. The summed E-state index contributed by atoms with van der Waals surface area (Å²) < 4.78 is 169. The predicted molar refractivity (Wildman–Crippen MR) is 37.3 cm³/mol. The fraction of sp³-hybridized carbons (Fsp3) is 0.714. The molecule has 0 aliphatic heterocycles. The minimum absolute atomic E-state index is 0. The molecule has 0 spiro atoms. The van der Waals surface area contributed by atoms with Crippen molar-refractivity contribution in [3.05, 3.63) is 11.9 Å². The van der Waals surface area contributed by atoms with E-state index in [9.17, 15) is 61.5 Å². The fourth-order valence-corrected chi connectivity index (χ4v) is 0.829. The number of allylic oxidation sites excluding steroid dienone is 1. The second-order valence-electron chi connectivity index (χ2n) is 3.37. The summed E-state index contributed by atoms with van der Waals surface area (Å²) in [6.45, 7) is 0. The van der Waals surface area contributed by atoms with Crippen molar-refractivity contribution < 1.29 is 62.9 Å². The van der Waals surface area contributed by atoms with Crippen LogP contribution in [0.15, 0.2) is 11.9 Å². The van der Waals surface area contributed by atoms with Gasteiger partial charge in [-0.15, -0.1) is 0 Å². The number of rotatable bonds is 4. The maximum absolute atomic E-state index is 12.5. The smallest absolute Gasteiger partial charge is 0.199 e. The highest BCUT2D eigenvalue weighted by atomic mass is 19.4. The number of hydrogen-bond acceptors (Lipinski definition) is 0. The van der Waals surface area contributed by atoms with E-state index in [1.165, 1.54) is 0 Å². The van der Waals surface area contributed by atoms with Crippen LogP contribution in [0.4, 0.5) is 61.5 Å². The van der Waals surface area contributed by atoms with Crippen LogP contribution >= 0.6 is 0 Å². The predicted octanol–water partition coefficient (Wildman–Crippen LogP) is 5.28. The van der Waals surface area contributed by atoms with Crippen molar-refractivity contribution >= 4 is 0 Å². The first-order valence-electron chi connectivity index (χ1n) is 4.15. The molecule has 0 rings (SSSR count). The summed E-state index contributed by atoms with van der Waals surface area (Å²) in [5, 5.41) is 0. The standard InChI is InChI=1S/C7F14/c8-1(2(9)10)3(11,12)4(13,14)5(15,16)6(17,18)7(19,20)21/p+1. The summed E-state index contributed by atoms with van der Waals surface area (Å²) in [5.74, 6) is -35.4. The van der Waals surface area contributed by atoms with Gasteiger partial charge in [-0.25, -0.2) is 0 Å². The van der Waals surface area contributed by atoms with E-state index >= 15 is 0 Å². The first-order valence-corrected chi connectivity index (χ1v) is 4.15. The Labute approximate surface area is 106 Å². The lowest BCUT2D eigenvalue weighted by Crippen LogP contribution is -2.66. The Bertz CT molecular complexity index is 427. The van der Waals surface area contributed by atoms with Gasteiger partial charge in [0.15, 0.2) is 0 Å². The van der Waals surface area contributed by atoms with Gasteiger partial charge in [-0.2, -0.15) is 61.5 Å². The average Bonchev–Trinajstić information content (AvgIpc) is 2.25. The maximum Gasteiger partial charge on any atom is 1.00 e. The van der Waals surface area contributed by atoms with Gasteiger partial charge in [0.2, 0.25) is 5.83 Å². The molecule has 0 aliphatic rings. The number of halogens is 14. The van der Waals surface area contributed by atoms with Crippen LogP contribution in [0.5, 0.6) is 0 Å². The second-order valence-corrected chi connectivity index (χ2v) is 3.37. The van der Waals surface area contributed by atoms with Gasteiger partial charge in [0.05, 0.1) is 0 Å². The first kappa shape index (κ1) is 19.8. The summed E-state index contributed by atoms with van der Waals surface area (Å²) in [6.07, 6.45) is -11.7. The zero-order valence-electron chi connectivity index (χ0n) is 9.79. The number of hydrogen-bond donors (Lipinski definition) is 0. The lowest BCUT2D eigenvalue weighted by molar-refractivity contribution is -0.419. The third-order valence-corrected chi connectivity index (χ3v) is 1.98. The van der Waals surface area contributed by atoms with Gasteiger partial charge in [-0.3, -0.25) is 0 Å². The van der Waals surface area contributed by atoms with Gasteiger partial charge < -0.3 is 0 Å². The van der Waals surface area contributed by atoms with Crippen LogP contribution < -0.4 is 0 Å². The molecule has 21 heavy (non-hydrogen) atoms. The molecule has 14 heteroatoms. The van der Waals surface area contributed by atoms with Crippen molar-refractivity contribution in [2.75, 3.05) is 0 Å². The van der Waals surface area contributed by atoms with Gasteiger partial charge in [0.25, 0.3) is 0 Å². The second kappa shape index (κ2) is 4.90. The van der Waals surface area contributed by atoms with E-state index in [1.54, 1.807) is 0 Å². The zero-order valence-corrected chi connectivity index (χ0v) is 8.79. The van der Waals surface area contributed by atoms with E-state index in [0.29, 0.717) is 0 Å². The molecule has 0 aliphatic carbocycles. The minimum atomic E-state index is -7.92. The van der Waals surface area contributed by atoms with Crippen molar-refractivity contribution in [3.63, 3.8) is 0 Å². The molecule has 0 fully saturated rings. The van der Waals surface area contributed by atoms with E-state index in [4.69, 9.17) is 0 Å². The van der Waals surface area contributed by atoms with Crippen LogP contribution in [0.25, 0.3) is 0 Å². The Balaban J connectivity index is 0.